The fourth-order valence-electron chi connectivity index (χ4n) is 1.07. The van der Waals surface area contributed by atoms with Gasteiger partial charge in [0.05, 0.1) is 18.1 Å². The third kappa shape index (κ3) is 2.01. The second-order valence-corrected chi connectivity index (χ2v) is 2.79. The van der Waals surface area contributed by atoms with Crippen molar-refractivity contribution >= 4 is 11.6 Å². The zero-order chi connectivity index (χ0) is 10.7. The molecule has 2 heterocycles. The summed E-state index contributed by atoms with van der Waals surface area (Å²) in [6.07, 6.45) is 3.79. The van der Waals surface area contributed by atoms with Gasteiger partial charge >= 0.3 is 0 Å². The van der Waals surface area contributed by atoms with Crippen LogP contribution in [0.3, 0.4) is 0 Å². The highest BCUT2D eigenvalue weighted by atomic mass is 19.1. The first kappa shape index (κ1) is 9.39. The molecule has 0 aliphatic heterocycles. The summed E-state index contributed by atoms with van der Waals surface area (Å²) in [6.45, 7) is 0. The van der Waals surface area contributed by atoms with Crippen molar-refractivity contribution in [3.05, 3.63) is 48.4 Å². The Morgan fingerprint density at radius 2 is 2.33 bits per heavy atom. The number of rotatable bonds is 2. The standard InChI is InChI=1S/C10H7FN2O2/c11-7-6-12-4-3-8(7)13-10(14)9-2-1-5-15-9/h1-6H,(H,12,13,14). The number of carbonyl (C=O) groups is 1. The lowest BCUT2D eigenvalue weighted by Crippen LogP contribution is -2.12. The van der Waals surface area contributed by atoms with Crippen LogP contribution in [0.1, 0.15) is 10.6 Å². The minimum Gasteiger partial charge on any atom is -0.459 e. The molecule has 0 saturated heterocycles. The van der Waals surface area contributed by atoms with E-state index < -0.39 is 11.7 Å². The molecule has 0 radical (unpaired) electrons. The summed E-state index contributed by atoms with van der Waals surface area (Å²) in [7, 11) is 0. The Morgan fingerprint density at radius 3 is 3.00 bits per heavy atom. The molecular weight excluding hydrogens is 199 g/mol. The highest BCUT2D eigenvalue weighted by Crippen LogP contribution is 2.12. The molecule has 15 heavy (non-hydrogen) atoms. The van der Waals surface area contributed by atoms with Crippen molar-refractivity contribution in [2.75, 3.05) is 5.32 Å². The van der Waals surface area contributed by atoms with Gasteiger partial charge in [-0.25, -0.2) is 4.39 Å². The molecule has 0 aromatic carbocycles. The van der Waals surface area contributed by atoms with E-state index in [9.17, 15) is 9.18 Å². The maximum atomic E-state index is 13.1. The number of hydrogen-bond donors (Lipinski definition) is 1. The van der Waals surface area contributed by atoms with Gasteiger partial charge in [-0.1, -0.05) is 0 Å². The number of amides is 1. The van der Waals surface area contributed by atoms with Gasteiger partial charge < -0.3 is 9.73 Å². The van der Waals surface area contributed by atoms with E-state index in [2.05, 4.69) is 10.3 Å². The Kier molecular flexibility index (Phi) is 2.45. The van der Waals surface area contributed by atoms with Crippen molar-refractivity contribution in [3.8, 4) is 0 Å². The quantitative estimate of drug-likeness (QED) is 0.818. The van der Waals surface area contributed by atoms with Crippen LogP contribution in [0.25, 0.3) is 0 Å². The van der Waals surface area contributed by atoms with Crippen LogP contribution in [0.4, 0.5) is 10.1 Å². The van der Waals surface area contributed by atoms with Gasteiger partial charge in [-0.15, -0.1) is 0 Å². The van der Waals surface area contributed by atoms with Gasteiger partial charge in [0.15, 0.2) is 11.6 Å². The van der Waals surface area contributed by atoms with Crippen molar-refractivity contribution in [2.24, 2.45) is 0 Å². The molecule has 0 aliphatic carbocycles. The zero-order valence-electron chi connectivity index (χ0n) is 7.61. The van der Waals surface area contributed by atoms with E-state index in [1.165, 1.54) is 24.6 Å². The fourth-order valence-corrected chi connectivity index (χ4v) is 1.07. The van der Waals surface area contributed by atoms with Gasteiger partial charge in [0, 0.05) is 6.20 Å². The van der Waals surface area contributed by atoms with Crippen LogP contribution in [0.15, 0.2) is 41.3 Å². The third-order valence-electron chi connectivity index (χ3n) is 1.77. The van der Waals surface area contributed by atoms with E-state index in [0.717, 1.165) is 6.20 Å². The minimum absolute atomic E-state index is 0.0754. The molecule has 1 N–H and O–H groups in total. The van der Waals surface area contributed by atoms with Crippen LogP contribution in [0, 0.1) is 5.82 Å². The molecule has 0 saturated carbocycles. The van der Waals surface area contributed by atoms with Crippen LogP contribution < -0.4 is 5.32 Å². The summed E-state index contributed by atoms with van der Waals surface area (Å²) in [4.78, 5) is 15.0. The Balaban J connectivity index is 2.17. The largest absolute Gasteiger partial charge is 0.459 e. The maximum Gasteiger partial charge on any atom is 0.291 e. The Labute approximate surface area is 84.7 Å². The molecular formula is C10H7FN2O2. The third-order valence-corrected chi connectivity index (χ3v) is 1.77. The predicted octanol–water partition coefficient (Wildman–Crippen LogP) is 2.07. The van der Waals surface area contributed by atoms with E-state index in [-0.39, 0.29) is 11.4 Å². The second kappa shape index (κ2) is 3.91. The predicted molar refractivity (Wildman–Crippen MR) is 50.9 cm³/mol. The van der Waals surface area contributed by atoms with E-state index in [1.54, 1.807) is 6.07 Å². The molecule has 76 valence electrons. The molecule has 0 atom stereocenters. The highest BCUT2D eigenvalue weighted by molar-refractivity contribution is 6.02. The number of nitrogens with one attached hydrogen (secondary N) is 1. The molecule has 0 bridgehead atoms. The lowest BCUT2D eigenvalue weighted by Gasteiger charge is -2.02. The van der Waals surface area contributed by atoms with E-state index in [4.69, 9.17) is 4.42 Å². The molecule has 5 heteroatoms. The number of pyridine rings is 1. The molecule has 4 nitrogen and oxygen atoms in total. The summed E-state index contributed by atoms with van der Waals surface area (Å²) in [5, 5.41) is 2.36. The zero-order valence-corrected chi connectivity index (χ0v) is 7.61. The van der Waals surface area contributed by atoms with Crippen molar-refractivity contribution in [2.45, 2.75) is 0 Å². The summed E-state index contributed by atoms with van der Waals surface area (Å²) in [6, 6.07) is 4.45. The lowest BCUT2D eigenvalue weighted by atomic mass is 10.3. The Morgan fingerprint density at radius 1 is 1.47 bits per heavy atom. The number of nitrogens with zero attached hydrogens (tertiary/aromatic N) is 1. The number of furan rings is 1. The highest BCUT2D eigenvalue weighted by Gasteiger charge is 2.10. The van der Waals surface area contributed by atoms with Gasteiger partial charge in [-0.2, -0.15) is 0 Å². The molecule has 0 aliphatic rings. The maximum absolute atomic E-state index is 13.1. The lowest BCUT2D eigenvalue weighted by molar-refractivity contribution is 0.0996. The summed E-state index contributed by atoms with van der Waals surface area (Å²) in [5.74, 6) is -0.950. The second-order valence-electron chi connectivity index (χ2n) is 2.79. The van der Waals surface area contributed by atoms with Gasteiger partial charge in [0.2, 0.25) is 0 Å². The number of anilines is 1. The van der Waals surface area contributed by atoms with Crippen molar-refractivity contribution in [1.82, 2.24) is 4.98 Å². The number of halogens is 1. The first-order valence-corrected chi connectivity index (χ1v) is 4.22. The van der Waals surface area contributed by atoms with Crippen molar-refractivity contribution in [3.63, 3.8) is 0 Å². The van der Waals surface area contributed by atoms with Gasteiger partial charge in [-0.05, 0) is 18.2 Å². The van der Waals surface area contributed by atoms with Gasteiger partial charge in [-0.3, -0.25) is 9.78 Å². The van der Waals surface area contributed by atoms with E-state index >= 15 is 0 Å². The Bertz CT molecular complexity index is 468. The van der Waals surface area contributed by atoms with Crippen LogP contribution in [-0.2, 0) is 0 Å². The van der Waals surface area contributed by atoms with Crippen molar-refractivity contribution in [1.29, 1.82) is 0 Å². The van der Waals surface area contributed by atoms with Crippen LogP contribution >= 0.6 is 0 Å². The fraction of sp³-hybridized carbons (Fsp3) is 0. The monoisotopic (exact) mass is 206 g/mol. The molecule has 2 rings (SSSR count). The normalized spacial score (nSPS) is 9.93. The first-order valence-electron chi connectivity index (χ1n) is 4.22. The number of aromatic nitrogens is 1. The Hall–Kier alpha value is -2.17. The minimum atomic E-state index is -0.586. The molecule has 0 unspecified atom stereocenters. The SMILES string of the molecule is O=C(Nc1ccncc1F)c1ccco1. The van der Waals surface area contributed by atoms with Crippen molar-refractivity contribution < 1.29 is 13.6 Å². The first-order chi connectivity index (χ1) is 7.27. The summed E-state index contributed by atoms with van der Waals surface area (Å²) in [5.41, 5.74) is 0.0754. The van der Waals surface area contributed by atoms with Crippen LogP contribution in [-0.4, -0.2) is 10.9 Å². The van der Waals surface area contributed by atoms with Crippen LogP contribution in [0.5, 0.6) is 0 Å². The molecule has 0 fully saturated rings. The average Bonchev–Trinajstić information content (AvgIpc) is 2.74. The number of hydrogen-bond acceptors (Lipinski definition) is 3. The molecule has 2 aromatic heterocycles. The molecule has 2 aromatic rings. The van der Waals surface area contributed by atoms with E-state index in [0.29, 0.717) is 0 Å². The average molecular weight is 206 g/mol. The molecule has 0 spiro atoms. The number of carbonyl (C=O) groups excluding carboxylic acids is 1. The smallest absolute Gasteiger partial charge is 0.291 e. The summed E-state index contributed by atoms with van der Waals surface area (Å²) < 4.78 is 17.9. The van der Waals surface area contributed by atoms with Gasteiger partial charge in [0.25, 0.3) is 5.91 Å². The van der Waals surface area contributed by atoms with Gasteiger partial charge in [0.1, 0.15) is 0 Å². The summed E-state index contributed by atoms with van der Waals surface area (Å²) >= 11 is 0. The molecule has 1 amide bonds. The topological polar surface area (TPSA) is 55.1 Å². The van der Waals surface area contributed by atoms with E-state index in [1.807, 2.05) is 0 Å². The van der Waals surface area contributed by atoms with Crippen LogP contribution in [0.2, 0.25) is 0 Å².